The summed E-state index contributed by atoms with van der Waals surface area (Å²) in [5, 5.41) is 1.68. The number of halogens is 5. The zero-order valence-electron chi connectivity index (χ0n) is 15.5. The standard InChI is InChI=1S/C18H17F5N2O4S/c1-25(10-12-3-2-4-14(9-12)29-17(19)20)30(27,28)15-7-5-13(6-8-15)16(26)24-11-18(21,22)23/h2-9,17H,10-11H2,1H3,(H,24,26). The first-order chi connectivity index (χ1) is 13.9. The number of carbonyl (C=O) groups is 1. The Morgan fingerprint density at radius 2 is 1.77 bits per heavy atom. The Hall–Kier alpha value is -2.73. The predicted molar refractivity (Wildman–Crippen MR) is 96.6 cm³/mol. The van der Waals surface area contributed by atoms with Crippen LogP contribution < -0.4 is 10.1 Å². The average molecular weight is 452 g/mol. The molecule has 2 aromatic carbocycles. The number of benzene rings is 2. The number of carbonyl (C=O) groups excluding carboxylic acids is 1. The van der Waals surface area contributed by atoms with Crippen molar-refractivity contribution in [2.45, 2.75) is 24.2 Å². The maximum absolute atomic E-state index is 12.7. The second-order valence-corrected chi connectivity index (χ2v) is 8.15. The molecule has 0 radical (unpaired) electrons. The molecule has 0 aliphatic rings. The van der Waals surface area contributed by atoms with E-state index in [1.807, 2.05) is 0 Å². The van der Waals surface area contributed by atoms with Crippen LogP contribution >= 0.6 is 0 Å². The fraction of sp³-hybridized carbons (Fsp3) is 0.278. The average Bonchev–Trinajstić information content (AvgIpc) is 2.65. The molecule has 0 heterocycles. The largest absolute Gasteiger partial charge is 0.435 e. The molecule has 0 unspecified atom stereocenters. The third-order valence-corrected chi connectivity index (χ3v) is 5.62. The van der Waals surface area contributed by atoms with Crippen LogP contribution in [0.15, 0.2) is 53.4 Å². The normalized spacial score (nSPS) is 12.3. The van der Waals surface area contributed by atoms with Crippen molar-refractivity contribution in [3.8, 4) is 5.75 Å². The van der Waals surface area contributed by atoms with Crippen molar-refractivity contribution in [2.75, 3.05) is 13.6 Å². The number of amides is 1. The van der Waals surface area contributed by atoms with Gasteiger partial charge < -0.3 is 10.1 Å². The van der Waals surface area contributed by atoms with Crippen LogP contribution in [0.3, 0.4) is 0 Å². The molecule has 164 valence electrons. The molecule has 0 aliphatic heterocycles. The third kappa shape index (κ3) is 6.66. The Labute approximate surface area is 169 Å². The summed E-state index contributed by atoms with van der Waals surface area (Å²) < 4.78 is 91.7. The van der Waals surface area contributed by atoms with Crippen molar-refractivity contribution in [1.29, 1.82) is 0 Å². The lowest BCUT2D eigenvalue weighted by Gasteiger charge is -2.18. The van der Waals surface area contributed by atoms with Crippen molar-refractivity contribution >= 4 is 15.9 Å². The summed E-state index contributed by atoms with van der Waals surface area (Å²) in [5.74, 6) is -1.12. The molecular weight excluding hydrogens is 435 g/mol. The zero-order chi connectivity index (χ0) is 22.5. The van der Waals surface area contributed by atoms with Crippen molar-refractivity contribution in [3.63, 3.8) is 0 Å². The first-order valence-corrected chi connectivity index (χ1v) is 9.77. The summed E-state index contributed by atoms with van der Waals surface area (Å²) in [6, 6.07) is 9.88. The van der Waals surface area contributed by atoms with E-state index in [4.69, 9.17) is 0 Å². The highest BCUT2D eigenvalue weighted by Crippen LogP contribution is 2.21. The second kappa shape index (κ2) is 9.39. The SMILES string of the molecule is CN(Cc1cccc(OC(F)F)c1)S(=O)(=O)c1ccc(C(=O)NCC(F)(F)F)cc1. The van der Waals surface area contributed by atoms with E-state index in [1.165, 1.54) is 31.3 Å². The molecule has 0 aliphatic carbocycles. The van der Waals surface area contributed by atoms with Crippen molar-refractivity contribution in [2.24, 2.45) is 0 Å². The number of hydrogen-bond acceptors (Lipinski definition) is 4. The number of sulfonamides is 1. The van der Waals surface area contributed by atoms with Gasteiger partial charge in [0.1, 0.15) is 12.3 Å². The van der Waals surface area contributed by atoms with E-state index in [9.17, 15) is 35.2 Å². The van der Waals surface area contributed by atoms with E-state index < -0.39 is 35.3 Å². The number of ether oxygens (including phenoxy) is 1. The first-order valence-electron chi connectivity index (χ1n) is 8.33. The van der Waals surface area contributed by atoms with Gasteiger partial charge >= 0.3 is 12.8 Å². The molecule has 0 fully saturated rings. The van der Waals surface area contributed by atoms with Gasteiger partial charge in [-0.15, -0.1) is 0 Å². The first kappa shape index (κ1) is 23.5. The Morgan fingerprint density at radius 3 is 2.33 bits per heavy atom. The molecule has 0 atom stereocenters. The van der Waals surface area contributed by atoms with Crippen LogP contribution in [0.5, 0.6) is 5.75 Å². The van der Waals surface area contributed by atoms with Gasteiger partial charge in [-0.05, 0) is 42.0 Å². The molecule has 12 heteroatoms. The molecule has 0 aromatic heterocycles. The Kier molecular flexibility index (Phi) is 7.37. The molecule has 0 spiro atoms. The molecule has 0 saturated heterocycles. The quantitative estimate of drug-likeness (QED) is 0.623. The van der Waals surface area contributed by atoms with E-state index in [2.05, 4.69) is 4.74 Å². The highest BCUT2D eigenvalue weighted by atomic mass is 32.2. The Bertz CT molecular complexity index is 979. The molecule has 2 aromatic rings. The predicted octanol–water partition coefficient (Wildman–Crippen LogP) is 3.40. The molecule has 1 N–H and O–H groups in total. The van der Waals surface area contributed by atoms with Crippen LogP contribution in [-0.2, 0) is 16.6 Å². The van der Waals surface area contributed by atoms with E-state index in [-0.39, 0.29) is 22.8 Å². The van der Waals surface area contributed by atoms with Crippen molar-refractivity contribution in [3.05, 3.63) is 59.7 Å². The number of nitrogens with one attached hydrogen (secondary N) is 1. The topological polar surface area (TPSA) is 75.7 Å². The van der Waals surface area contributed by atoms with Gasteiger partial charge in [-0.25, -0.2) is 8.42 Å². The lowest BCUT2D eigenvalue weighted by atomic mass is 10.2. The number of alkyl halides is 5. The minimum absolute atomic E-state index is 0.123. The molecule has 2 rings (SSSR count). The van der Waals surface area contributed by atoms with Gasteiger partial charge in [0.15, 0.2) is 0 Å². The Balaban J connectivity index is 2.10. The molecule has 0 bridgehead atoms. The summed E-state index contributed by atoms with van der Waals surface area (Å²) in [5.41, 5.74) is 0.250. The smallest absolute Gasteiger partial charge is 0.405 e. The van der Waals surface area contributed by atoms with Crippen molar-refractivity contribution < 1.29 is 39.9 Å². The van der Waals surface area contributed by atoms with Gasteiger partial charge in [0.05, 0.1) is 4.90 Å². The van der Waals surface area contributed by atoms with Gasteiger partial charge in [0, 0.05) is 19.2 Å². The fourth-order valence-electron chi connectivity index (χ4n) is 2.40. The van der Waals surface area contributed by atoms with Gasteiger partial charge in [0.2, 0.25) is 10.0 Å². The van der Waals surface area contributed by atoms with Crippen LogP contribution in [0.25, 0.3) is 0 Å². The van der Waals surface area contributed by atoms with Crippen LogP contribution in [-0.4, -0.2) is 45.0 Å². The highest BCUT2D eigenvalue weighted by Gasteiger charge is 2.28. The van der Waals surface area contributed by atoms with Gasteiger partial charge in [-0.1, -0.05) is 12.1 Å². The number of rotatable bonds is 8. The van der Waals surface area contributed by atoms with E-state index in [0.29, 0.717) is 5.56 Å². The Morgan fingerprint density at radius 1 is 1.13 bits per heavy atom. The second-order valence-electron chi connectivity index (χ2n) is 6.11. The summed E-state index contributed by atoms with van der Waals surface area (Å²) in [7, 11) is -2.75. The minimum Gasteiger partial charge on any atom is -0.435 e. The molecule has 6 nitrogen and oxygen atoms in total. The highest BCUT2D eigenvalue weighted by molar-refractivity contribution is 7.89. The maximum atomic E-state index is 12.7. The molecular formula is C18H17F5N2O4S. The van der Waals surface area contributed by atoms with Crippen LogP contribution in [0.1, 0.15) is 15.9 Å². The maximum Gasteiger partial charge on any atom is 0.405 e. The van der Waals surface area contributed by atoms with Crippen LogP contribution in [0, 0.1) is 0 Å². The number of nitrogens with zero attached hydrogens (tertiary/aromatic N) is 1. The van der Waals surface area contributed by atoms with E-state index in [1.54, 1.807) is 5.32 Å². The summed E-state index contributed by atoms with van der Waals surface area (Å²) in [6.45, 7) is -4.69. The van der Waals surface area contributed by atoms with Crippen LogP contribution in [0.4, 0.5) is 22.0 Å². The fourth-order valence-corrected chi connectivity index (χ4v) is 3.56. The van der Waals surface area contributed by atoms with Gasteiger partial charge in [0.25, 0.3) is 5.91 Å². The van der Waals surface area contributed by atoms with Gasteiger partial charge in [-0.3, -0.25) is 4.79 Å². The lowest BCUT2D eigenvalue weighted by Crippen LogP contribution is -2.33. The molecule has 0 saturated carbocycles. The monoisotopic (exact) mass is 452 g/mol. The van der Waals surface area contributed by atoms with E-state index >= 15 is 0 Å². The summed E-state index contributed by atoms with van der Waals surface area (Å²) in [4.78, 5) is 11.5. The molecule has 30 heavy (non-hydrogen) atoms. The zero-order valence-corrected chi connectivity index (χ0v) is 16.3. The molecule has 1 amide bonds. The third-order valence-electron chi connectivity index (χ3n) is 3.80. The summed E-state index contributed by atoms with van der Waals surface area (Å²) >= 11 is 0. The van der Waals surface area contributed by atoms with Crippen LogP contribution in [0.2, 0.25) is 0 Å². The minimum atomic E-state index is -4.57. The van der Waals surface area contributed by atoms with E-state index in [0.717, 1.165) is 28.6 Å². The number of hydrogen-bond donors (Lipinski definition) is 1. The van der Waals surface area contributed by atoms with Gasteiger partial charge in [-0.2, -0.15) is 26.3 Å². The lowest BCUT2D eigenvalue weighted by molar-refractivity contribution is -0.123. The summed E-state index contributed by atoms with van der Waals surface area (Å²) in [6.07, 6.45) is -4.57. The van der Waals surface area contributed by atoms with Crippen molar-refractivity contribution in [1.82, 2.24) is 9.62 Å².